The van der Waals surface area contributed by atoms with E-state index in [1.54, 1.807) is 11.6 Å². The van der Waals surface area contributed by atoms with Crippen molar-refractivity contribution < 1.29 is 10.0 Å². The van der Waals surface area contributed by atoms with Crippen LogP contribution in [0.15, 0.2) is 54.6 Å². The van der Waals surface area contributed by atoms with Gasteiger partial charge in [0.15, 0.2) is 0 Å². The molecule has 3 rings (SSSR count). The Hall–Kier alpha value is -2.63. The molecule has 0 bridgehead atoms. The number of amides is 1. The average molecular weight is 351 g/mol. The number of hydroxylamine groups is 1. The standard InChI is InChI=1S/C21H25N3O2/c1-15(12-18-14-23-20-5-3-2-4-19(18)20)22-13-17-8-6-16(7-9-17)10-11-21(25)24-26/h2-11,15,18,22-23,26H,12-14H2,1H3,(H,24,25)/b11-10+. The van der Waals surface area contributed by atoms with Gasteiger partial charge < -0.3 is 10.6 Å². The largest absolute Gasteiger partial charge is 0.384 e. The zero-order valence-corrected chi connectivity index (χ0v) is 14.9. The van der Waals surface area contributed by atoms with E-state index in [9.17, 15) is 4.79 Å². The summed E-state index contributed by atoms with van der Waals surface area (Å²) in [6.07, 6.45) is 4.06. The van der Waals surface area contributed by atoms with E-state index in [0.717, 1.165) is 25.1 Å². The molecule has 136 valence electrons. The van der Waals surface area contributed by atoms with Gasteiger partial charge in [-0.25, -0.2) is 5.48 Å². The van der Waals surface area contributed by atoms with Crippen LogP contribution < -0.4 is 16.1 Å². The van der Waals surface area contributed by atoms with E-state index in [1.807, 2.05) is 24.3 Å². The summed E-state index contributed by atoms with van der Waals surface area (Å²) >= 11 is 0. The molecule has 1 aliphatic rings. The first-order valence-corrected chi connectivity index (χ1v) is 8.93. The molecule has 0 fully saturated rings. The summed E-state index contributed by atoms with van der Waals surface area (Å²) in [5.74, 6) is 0.0198. The van der Waals surface area contributed by atoms with Crippen LogP contribution in [0.5, 0.6) is 0 Å². The Kier molecular flexibility index (Phi) is 6.04. The van der Waals surface area contributed by atoms with Crippen LogP contribution in [0, 0.1) is 0 Å². The van der Waals surface area contributed by atoms with Gasteiger partial charge in [0.25, 0.3) is 5.91 Å². The molecule has 2 aromatic rings. The molecule has 2 unspecified atom stereocenters. The highest BCUT2D eigenvalue weighted by atomic mass is 16.5. The molecule has 2 aromatic carbocycles. The van der Waals surface area contributed by atoms with Crippen LogP contribution in [0.25, 0.3) is 6.08 Å². The smallest absolute Gasteiger partial charge is 0.267 e. The lowest BCUT2D eigenvalue weighted by Crippen LogP contribution is -2.27. The van der Waals surface area contributed by atoms with Crippen molar-refractivity contribution in [2.24, 2.45) is 0 Å². The lowest BCUT2D eigenvalue weighted by Gasteiger charge is -2.18. The fourth-order valence-corrected chi connectivity index (χ4v) is 3.33. The van der Waals surface area contributed by atoms with Crippen LogP contribution in [0.2, 0.25) is 0 Å². The quantitative estimate of drug-likeness (QED) is 0.351. The SMILES string of the molecule is CC(CC1CNc2ccccc21)NCc1ccc(/C=C/C(=O)NO)cc1. The van der Waals surface area contributed by atoms with Crippen molar-refractivity contribution in [1.82, 2.24) is 10.8 Å². The molecule has 0 aromatic heterocycles. The van der Waals surface area contributed by atoms with Crippen molar-refractivity contribution in [2.45, 2.75) is 31.8 Å². The van der Waals surface area contributed by atoms with Crippen molar-refractivity contribution in [3.8, 4) is 0 Å². The van der Waals surface area contributed by atoms with Gasteiger partial charge in [0.1, 0.15) is 0 Å². The number of anilines is 1. The molecule has 26 heavy (non-hydrogen) atoms. The summed E-state index contributed by atoms with van der Waals surface area (Å²) in [5.41, 5.74) is 6.38. The lowest BCUT2D eigenvalue weighted by molar-refractivity contribution is -0.124. The predicted octanol–water partition coefficient (Wildman–Crippen LogP) is 3.28. The van der Waals surface area contributed by atoms with Crippen LogP contribution in [-0.2, 0) is 11.3 Å². The van der Waals surface area contributed by atoms with Crippen LogP contribution in [0.4, 0.5) is 5.69 Å². The van der Waals surface area contributed by atoms with Crippen LogP contribution in [0.1, 0.15) is 36.0 Å². The third-order valence-corrected chi connectivity index (χ3v) is 4.75. The molecule has 1 heterocycles. The molecule has 5 heteroatoms. The molecule has 0 saturated carbocycles. The highest BCUT2D eigenvalue weighted by Crippen LogP contribution is 2.33. The number of carbonyl (C=O) groups is 1. The highest BCUT2D eigenvalue weighted by molar-refractivity contribution is 5.90. The van der Waals surface area contributed by atoms with Gasteiger partial charge in [-0.15, -0.1) is 0 Å². The van der Waals surface area contributed by atoms with Crippen LogP contribution >= 0.6 is 0 Å². The monoisotopic (exact) mass is 351 g/mol. The van der Waals surface area contributed by atoms with E-state index >= 15 is 0 Å². The van der Waals surface area contributed by atoms with Crippen molar-refractivity contribution >= 4 is 17.7 Å². The van der Waals surface area contributed by atoms with Gasteiger partial charge in [-0.3, -0.25) is 10.0 Å². The summed E-state index contributed by atoms with van der Waals surface area (Å²) in [4.78, 5) is 11.0. The number of hydrogen-bond donors (Lipinski definition) is 4. The molecular formula is C21H25N3O2. The molecule has 5 nitrogen and oxygen atoms in total. The summed E-state index contributed by atoms with van der Waals surface area (Å²) in [6, 6.07) is 17.0. The fourth-order valence-electron chi connectivity index (χ4n) is 3.33. The maximum absolute atomic E-state index is 11.0. The summed E-state index contributed by atoms with van der Waals surface area (Å²) in [5, 5.41) is 15.5. The number of nitrogens with one attached hydrogen (secondary N) is 3. The molecule has 0 aliphatic carbocycles. The van der Waals surface area contributed by atoms with Crippen molar-refractivity contribution in [3.63, 3.8) is 0 Å². The average Bonchev–Trinajstić information content (AvgIpc) is 3.08. The number of carbonyl (C=O) groups excluding carboxylic acids is 1. The van der Waals surface area contributed by atoms with Crippen molar-refractivity contribution in [2.75, 3.05) is 11.9 Å². The van der Waals surface area contributed by atoms with Crippen molar-refractivity contribution in [3.05, 3.63) is 71.3 Å². The third-order valence-electron chi connectivity index (χ3n) is 4.75. The second-order valence-corrected chi connectivity index (χ2v) is 6.73. The Balaban J connectivity index is 1.48. The summed E-state index contributed by atoms with van der Waals surface area (Å²) < 4.78 is 0. The summed E-state index contributed by atoms with van der Waals surface area (Å²) in [6.45, 7) is 4.05. The summed E-state index contributed by atoms with van der Waals surface area (Å²) in [7, 11) is 0. The minimum absolute atomic E-state index is 0.417. The highest BCUT2D eigenvalue weighted by Gasteiger charge is 2.23. The molecule has 0 radical (unpaired) electrons. The Bertz CT molecular complexity index is 771. The molecule has 1 aliphatic heterocycles. The first-order chi connectivity index (χ1) is 12.7. The topological polar surface area (TPSA) is 73.4 Å². The first kappa shape index (κ1) is 18.2. The van der Waals surface area contributed by atoms with Crippen LogP contribution in [0.3, 0.4) is 0 Å². The van der Waals surface area contributed by atoms with Gasteiger partial charge >= 0.3 is 0 Å². The number of hydrogen-bond acceptors (Lipinski definition) is 4. The van der Waals surface area contributed by atoms with Gasteiger partial charge in [0.05, 0.1) is 0 Å². The molecule has 0 saturated heterocycles. The number of fused-ring (bicyclic) bond motifs is 1. The number of benzene rings is 2. The lowest BCUT2D eigenvalue weighted by atomic mass is 9.94. The van der Waals surface area contributed by atoms with Gasteiger partial charge in [0.2, 0.25) is 0 Å². The van der Waals surface area contributed by atoms with Gasteiger partial charge in [-0.05, 0) is 42.2 Å². The van der Waals surface area contributed by atoms with Gasteiger partial charge in [0, 0.05) is 36.8 Å². The Labute approximate surface area is 154 Å². The van der Waals surface area contributed by atoms with E-state index in [0.29, 0.717) is 12.0 Å². The molecular weight excluding hydrogens is 326 g/mol. The molecule has 4 N–H and O–H groups in total. The first-order valence-electron chi connectivity index (χ1n) is 8.93. The Morgan fingerprint density at radius 3 is 2.81 bits per heavy atom. The third kappa shape index (κ3) is 4.71. The van der Waals surface area contributed by atoms with Gasteiger partial charge in [-0.2, -0.15) is 0 Å². The molecule has 2 atom stereocenters. The minimum Gasteiger partial charge on any atom is -0.384 e. The Morgan fingerprint density at radius 1 is 1.27 bits per heavy atom. The van der Waals surface area contributed by atoms with E-state index in [1.165, 1.54) is 22.9 Å². The predicted molar refractivity (Wildman–Crippen MR) is 104 cm³/mol. The minimum atomic E-state index is -0.535. The zero-order valence-electron chi connectivity index (χ0n) is 14.9. The second kappa shape index (κ2) is 8.65. The molecule has 1 amide bonds. The number of para-hydroxylation sites is 1. The van der Waals surface area contributed by atoms with Crippen molar-refractivity contribution in [1.29, 1.82) is 0 Å². The molecule has 0 spiro atoms. The van der Waals surface area contributed by atoms with E-state index in [2.05, 4.69) is 41.8 Å². The van der Waals surface area contributed by atoms with Gasteiger partial charge in [-0.1, -0.05) is 42.5 Å². The Morgan fingerprint density at radius 2 is 2.04 bits per heavy atom. The fraction of sp³-hybridized carbons (Fsp3) is 0.286. The normalized spacial score (nSPS) is 16.9. The second-order valence-electron chi connectivity index (χ2n) is 6.73. The number of rotatable bonds is 7. The maximum Gasteiger partial charge on any atom is 0.267 e. The maximum atomic E-state index is 11.0. The van der Waals surface area contributed by atoms with Crippen LogP contribution in [-0.4, -0.2) is 23.7 Å². The van der Waals surface area contributed by atoms with E-state index < -0.39 is 5.91 Å². The van der Waals surface area contributed by atoms with E-state index in [4.69, 9.17) is 5.21 Å². The van der Waals surface area contributed by atoms with E-state index in [-0.39, 0.29) is 0 Å². The zero-order chi connectivity index (χ0) is 18.4.